The van der Waals surface area contributed by atoms with E-state index in [1.807, 2.05) is 6.07 Å². The Kier molecular flexibility index (Phi) is 3.06. The molecule has 1 fully saturated rings. The van der Waals surface area contributed by atoms with Crippen LogP contribution in [-0.2, 0) is 0 Å². The van der Waals surface area contributed by atoms with Gasteiger partial charge < -0.3 is 5.32 Å². The monoisotopic (exact) mass is 187 g/mol. The van der Waals surface area contributed by atoms with Gasteiger partial charge in [0, 0.05) is 6.04 Å². The van der Waals surface area contributed by atoms with Gasteiger partial charge in [-0.25, -0.2) is 4.39 Å². The lowest BCUT2D eigenvalue weighted by molar-refractivity contribution is 0.382. The van der Waals surface area contributed by atoms with Gasteiger partial charge in [-0.2, -0.15) is 0 Å². The van der Waals surface area contributed by atoms with E-state index < -0.39 is 0 Å². The van der Waals surface area contributed by atoms with E-state index in [9.17, 15) is 4.39 Å². The first-order chi connectivity index (χ1) is 5.36. The molecule has 2 rings (SSSR count). The van der Waals surface area contributed by atoms with Crippen molar-refractivity contribution < 1.29 is 4.39 Å². The van der Waals surface area contributed by atoms with Crippen molar-refractivity contribution in [2.45, 2.75) is 12.5 Å². The number of hydrogen-bond acceptors (Lipinski definition) is 1. The first-order valence-electron chi connectivity index (χ1n) is 3.85. The Hall–Kier alpha value is -0.600. The molecule has 1 aliphatic heterocycles. The molecule has 0 aliphatic carbocycles. The van der Waals surface area contributed by atoms with Crippen LogP contribution in [0.3, 0.4) is 0 Å². The van der Waals surface area contributed by atoms with Crippen LogP contribution < -0.4 is 5.32 Å². The molecular weight excluding hydrogens is 177 g/mol. The van der Waals surface area contributed by atoms with Gasteiger partial charge in [0.25, 0.3) is 0 Å². The molecule has 1 aromatic carbocycles. The number of benzene rings is 1. The van der Waals surface area contributed by atoms with Crippen molar-refractivity contribution in [2.24, 2.45) is 0 Å². The quantitative estimate of drug-likeness (QED) is 0.712. The van der Waals surface area contributed by atoms with E-state index in [1.54, 1.807) is 12.1 Å². The van der Waals surface area contributed by atoms with Crippen LogP contribution in [0.5, 0.6) is 0 Å². The number of hydrogen-bond donors (Lipinski definition) is 1. The minimum absolute atomic E-state index is 0. The number of halogens is 2. The molecule has 0 radical (unpaired) electrons. The molecule has 1 nitrogen and oxygen atoms in total. The van der Waals surface area contributed by atoms with E-state index in [1.165, 1.54) is 6.07 Å². The number of rotatable bonds is 1. The second kappa shape index (κ2) is 3.87. The third-order valence-corrected chi connectivity index (χ3v) is 2.07. The summed E-state index contributed by atoms with van der Waals surface area (Å²) in [4.78, 5) is 0. The molecule has 3 heteroatoms. The Labute approximate surface area is 77.4 Å². The van der Waals surface area contributed by atoms with Crippen molar-refractivity contribution in [3.8, 4) is 0 Å². The molecule has 1 aromatic rings. The van der Waals surface area contributed by atoms with E-state index >= 15 is 0 Å². The molecular formula is C9H11ClFN. The van der Waals surface area contributed by atoms with Crippen LogP contribution in [0, 0.1) is 5.82 Å². The Balaban J connectivity index is 0.000000720. The largest absolute Gasteiger partial charge is 0.310 e. The predicted molar refractivity (Wildman–Crippen MR) is 49.0 cm³/mol. The van der Waals surface area contributed by atoms with Gasteiger partial charge in [-0.05, 0) is 30.7 Å². The Morgan fingerprint density at radius 3 is 2.67 bits per heavy atom. The maximum Gasteiger partial charge on any atom is 0.123 e. The summed E-state index contributed by atoms with van der Waals surface area (Å²) in [6.45, 7) is 1.06. The van der Waals surface area contributed by atoms with Crippen molar-refractivity contribution in [3.05, 3.63) is 35.6 Å². The summed E-state index contributed by atoms with van der Waals surface area (Å²) in [5.41, 5.74) is 1.07. The van der Waals surface area contributed by atoms with Gasteiger partial charge in [0.15, 0.2) is 0 Å². The van der Waals surface area contributed by atoms with Crippen molar-refractivity contribution in [2.75, 3.05) is 6.54 Å². The molecule has 1 aliphatic rings. The summed E-state index contributed by atoms with van der Waals surface area (Å²) in [7, 11) is 0. The molecule has 1 N–H and O–H groups in total. The normalized spacial score (nSPS) is 20.9. The minimum Gasteiger partial charge on any atom is -0.310 e. The first-order valence-corrected chi connectivity index (χ1v) is 3.85. The van der Waals surface area contributed by atoms with Crippen LogP contribution in [0.15, 0.2) is 24.3 Å². The van der Waals surface area contributed by atoms with E-state index in [0.29, 0.717) is 6.04 Å². The van der Waals surface area contributed by atoms with Crippen LogP contribution in [-0.4, -0.2) is 6.54 Å². The molecule has 66 valence electrons. The molecule has 0 aromatic heterocycles. The van der Waals surface area contributed by atoms with Gasteiger partial charge >= 0.3 is 0 Å². The maximum absolute atomic E-state index is 12.7. The first kappa shape index (κ1) is 9.49. The van der Waals surface area contributed by atoms with E-state index in [0.717, 1.165) is 18.5 Å². The average molecular weight is 188 g/mol. The zero-order chi connectivity index (χ0) is 7.68. The van der Waals surface area contributed by atoms with Gasteiger partial charge in [-0.1, -0.05) is 12.1 Å². The molecule has 1 atom stereocenters. The van der Waals surface area contributed by atoms with Gasteiger partial charge in [0.05, 0.1) is 0 Å². The van der Waals surface area contributed by atoms with Crippen LogP contribution in [0.1, 0.15) is 18.0 Å². The van der Waals surface area contributed by atoms with Gasteiger partial charge in [0.2, 0.25) is 0 Å². The highest BCUT2D eigenvalue weighted by atomic mass is 35.5. The van der Waals surface area contributed by atoms with Gasteiger partial charge in [-0.3, -0.25) is 0 Å². The third-order valence-electron chi connectivity index (χ3n) is 2.07. The molecule has 0 spiro atoms. The van der Waals surface area contributed by atoms with Crippen molar-refractivity contribution in [1.82, 2.24) is 5.32 Å². The summed E-state index contributed by atoms with van der Waals surface area (Å²) in [5, 5.41) is 3.22. The fourth-order valence-corrected chi connectivity index (χ4v) is 1.30. The van der Waals surface area contributed by atoms with E-state index in [-0.39, 0.29) is 18.2 Å². The number of nitrogens with one attached hydrogen (secondary N) is 1. The fraction of sp³-hybridized carbons (Fsp3) is 0.333. The highest BCUT2D eigenvalue weighted by Gasteiger charge is 2.17. The molecule has 0 unspecified atom stereocenters. The molecule has 12 heavy (non-hydrogen) atoms. The predicted octanol–water partition coefficient (Wildman–Crippen LogP) is 2.28. The molecule has 0 bridgehead atoms. The summed E-state index contributed by atoms with van der Waals surface area (Å²) in [6, 6.07) is 7.18. The second-order valence-corrected chi connectivity index (χ2v) is 2.85. The Morgan fingerprint density at radius 2 is 2.17 bits per heavy atom. The Morgan fingerprint density at radius 1 is 1.42 bits per heavy atom. The lowest BCUT2D eigenvalue weighted by Crippen LogP contribution is -2.34. The topological polar surface area (TPSA) is 12.0 Å². The van der Waals surface area contributed by atoms with Gasteiger partial charge in [0.1, 0.15) is 5.82 Å². The SMILES string of the molecule is Cl.Fc1cccc([C@H]2CCN2)c1. The summed E-state index contributed by atoms with van der Waals surface area (Å²) >= 11 is 0. The smallest absolute Gasteiger partial charge is 0.123 e. The second-order valence-electron chi connectivity index (χ2n) is 2.85. The van der Waals surface area contributed by atoms with Crippen molar-refractivity contribution in [1.29, 1.82) is 0 Å². The molecule has 1 saturated heterocycles. The zero-order valence-corrected chi connectivity index (χ0v) is 7.40. The molecule has 1 heterocycles. The van der Waals surface area contributed by atoms with Crippen LogP contribution >= 0.6 is 12.4 Å². The standard InChI is InChI=1S/C9H10FN.ClH/c10-8-3-1-2-7(6-8)9-4-5-11-9;/h1-3,6,9,11H,4-5H2;1H/t9-;/m1./s1. The van der Waals surface area contributed by atoms with Crippen LogP contribution in [0.4, 0.5) is 4.39 Å². The maximum atomic E-state index is 12.7. The minimum atomic E-state index is -0.142. The third kappa shape index (κ3) is 1.76. The fourth-order valence-electron chi connectivity index (χ4n) is 1.30. The summed E-state index contributed by atoms with van der Waals surface area (Å²) in [6.07, 6.45) is 1.13. The molecule has 0 saturated carbocycles. The van der Waals surface area contributed by atoms with Crippen LogP contribution in [0.2, 0.25) is 0 Å². The summed E-state index contributed by atoms with van der Waals surface area (Å²) < 4.78 is 12.7. The lowest BCUT2D eigenvalue weighted by atomic mass is 9.98. The van der Waals surface area contributed by atoms with E-state index in [2.05, 4.69) is 5.32 Å². The Bertz CT molecular complexity index is 260. The highest BCUT2D eigenvalue weighted by molar-refractivity contribution is 5.85. The van der Waals surface area contributed by atoms with Crippen molar-refractivity contribution >= 4 is 12.4 Å². The highest BCUT2D eigenvalue weighted by Crippen LogP contribution is 2.22. The van der Waals surface area contributed by atoms with Crippen molar-refractivity contribution in [3.63, 3.8) is 0 Å². The molecule has 0 amide bonds. The summed E-state index contributed by atoms with van der Waals surface area (Å²) in [5.74, 6) is -0.142. The van der Waals surface area contributed by atoms with E-state index in [4.69, 9.17) is 0 Å². The van der Waals surface area contributed by atoms with Crippen LogP contribution in [0.25, 0.3) is 0 Å². The zero-order valence-electron chi connectivity index (χ0n) is 6.59. The van der Waals surface area contributed by atoms with Gasteiger partial charge in [-0.15, -0.1) is 12.4 Å². The average Bonchev–Trinajstić information content (AvgIpc) is 1.83. The lowest BCUT2D eigenvalue weighted by Gasteiger charge is -2.27.